The molecule has 5 rings (SSSR count). The van der Waals surface area contributed by atoms with Crippen molar-refractivity contribution in [2.75, 3.05) is 26.7 Å². The van der Waals surface area contributed by atoms with E-state index in [1.54, 1.807) is 24.8 Å². The highest BCUT2D eigenvalue weighted by molar-refractivity contribution is 5.95. The minimum Gasteiger partial charge on any atom is -0.337 e. The van der Waals surface area contributed by atoms with E-state index in [1.807, 2.05) is 30.0 Å². The van der Waals surface area contributed by atoms with Gasteiger partial charge in [-0.1, -0.05) is 5.16 Å². The van der Waals surface area contributed by atoms with Gasteiger partial charge in [0.05, 0.1) is 11.6 Å². The highest BCUT2D eigenvalue weighted by Crippen LogP contribution is 2.47. The van der Waals surface area contributed by atoms with Crippen molar-refractivity contribution in [3.63, 3.8) is 0 Å². The Kier molecular flexibility index (Phi) is 4.16. The quantitative estimate of drug-likeness (QED) is 0.678. The smallest absolute Gasteiger partial charge is 0.255 e. The molecule has 2 saturated heterocycles. The van der Waals surface area contributed by atoms with E-state index < -0.39 is 0 Å². The summed E-state index contributed by atoms with van der Waals surface area (Å²) in [7, 11) is 2.07. The molecule has 0 radical (unpaired) electrons. The molecule has 2 fully saturated rings. The molecule has 0 aliphatic carbocycles. The molecular weight excluding hydrogens is 368 g/mol. The van der Waals surface area contributed by atoms with E-state index in [9.17, 15) is 4.79 Å². The predicted molar refractivity (Wildman–Crippen MR) is 105 cm³/mol. The van der Waals surface area contributed by atoms with E-state index in [2.05, 4.69) is 32.1 Å². The van der Waals surface area contributed by atoms with Crippen LogP contribution in [0.2, 0.25) is 0 Å². The van der Waals surface area contributed by atoms with Crippen LogP contribution in [0.1, 0.15) is 34.3 Å². The summed E-state index contributed by atoms with van der Waals surface area (Å²) in [4.78, 5) is 29.8. The number of aryl methyl sites for hydroxylation is 1. The monoisotopic (exact) mass is 390 g/mol. The van der Waals surface area contributed by atoms with E-state index in [1.165, 1.54) is 0 Å². The first kappa shape index (κ1) is 17.9. The Balaban J connectivity index is 1.28. The van der Waals surface area contributed by atoms with Gasteiger partial charge >= 0.3 is 0 Å². The number of amides is 1. The van der Waals surface area contributed by atoms with Gasteiger partial charge in [0.1, 0.15) is 0 Å². The maximum atomic E-state index is 12.8. The fourth-order valence-electron chi connectivity index (χ4n) is 4.52. The zero-order chi connectivity index (χ0) is 20.0. The van der Waals surface area contributed by atoms with Crippen LogP contribution in [0.4, 0.5) is 0 Å². The summed E-state index contributed by atoms with van der Waals surface area (Å²) in [6.07, 6.45) is 7.71. The molecule has 2 aliphatic heterocycles. The number of hydrogen-bond donors (Lipinski definition) is 0. The molecule has 8 nitrogen and oxygen atoms in total. The number of hydrogen-bond acceptors (Lipinski definition) is 7. The standard InChI is InChI=1S/C21H22N6O2/c1-14-5-7-23-10-16(14)20(28)27-12-21(13-27)8-17(26(2)11-21)19-24-18(25-29-19)15-4-3-6-22-9-15/h3-7,9-10,17H,8,11-13H2,1-2H3. The molecule has 148 valence electrons. The van der Waals surface area contributed by atoms with Crippen LogP contribution in [0, 0.1) is 12.3 Å². The van der Waals surface area contributed by atoms with E-state index in [-0.39, 0.29) is 17.4 Å². The van der Waals surface area contributed by atoms with Crippen LogP contribution in [0.15, 0.2) is 47.5 Å². The highest BCUT2D eigenvalue weighted by Gasteiger charge is 2.53. The third kappa shape index (κ3) is 3.09. The summed E-state index contributed by atoms with van der Waals surface area (Å²) in [5.41, 5.74) is 2.56. The lowest BCUT2D eigenvalue weighted by Gasteiger charge is -2.48. The summed E-state index contributed by atoms with van der Waals surface area (Å²) in [6, 6.07) is 5.70. The molecule has 2 aliphatic rings. The van der Waals surface area contributed by atoms with Crippen LogP contribution >= 0.6 is 0 Å². The van der Waals surface area contributed by atoms with Gasteiger partial charge in [0, 0.05) is 55.4 Å². The number of likely N-dealkylation sites (tertiary alicyclic amines) is 2. The van der Waals surface area contributed by atoms with Crippen LogP contribution in [-0.2, 0) is 0 Å². The van der Waals surface area contributed by atoms with Gasteiger partial charge in [0.2, 0.25) is 11.7 Å². The molecule has 0 saturated carbocycles. The van der Waals surface area contributed by atoms with Crippen molar-refractivity contribution in [2.45, 2.75) is 19.4 Å². The molecule has 8 heteroatoms. The van der Waals surface area contributed by atoms with Gasteiger partial charge in [-0.15, -0.1) is 0 Å². The summed E-state index contributed by atoms with van der Waals surface area (Å²) >= 11 is 0. The molecule has 3 aromatic rings. The third-order valence-electron chi connectivity index (χ3n) is 6.00. The van der Waals surface area contributed by atoms with Gasteiger partial charge < -0.3 is 9.42 Å². The average molecular weight is 390 g/mol. The van der Waals surface area contributed by atoms with Crippen LogP contribution in [0.3, 0.4) is 0 Å². The van der Waals surface area contributed by atoms with Crippen LogP contribution in [-0.4, -0.2) is 62.5 Å². The second kappa shape index (κ2) is 6.73. The summed E-state index contributed by atoms with van der Waals surface area (Å²) < 4.78 is 5.58. The molecule has 0 bridgehead atoms. The fraction of sp³-hybridized carbons (Fsp3) is 0.381. The second-order valence-corrected chi connectivity index (χ2v) is 8.18. The minimum absolute atomic E-state index is 0.0592. The third-order valence-corrected chi connectivity index (χ3v) is 6.00. The van der Waals surface area contributed by atoms with Crippen LogP contribution in [0.25, 0.3) is 11.4 Å². The van der Waals surface area contributed by atoms with Gasteiger partial charge in [-0.2, -0.15) is 4.98 Å². The lowest BCUT2D eigenvalue weighted by atomic mass is 9.77. The first-order valence-electron chi connectivity index (χ1n) is 9.69. The van der Waals surface area contributed by atoms with Gasteiger partial charge in [0.25, 0.3) is 5.91 Å². The topological polar surface area (TPSA) is 88.2 Å². The van der Waals surface area contributed by atoms with E-state index in [0.29, 0.717) is 17.3 Å². The minimum atomic E-state index is 0.0592. The second-order valence-electron chi connectivity index (χ2n) is 8.18. The molecule has 0 N–H and O–H groups in total. The maximum Gasteiger partial charge on any atom is 0.255 e. The Morgan fingerprint density at radius 3 is 2.76 bits per heavy atom. The first-order valence-corrected chi connectivity index (χ1v) is 9.69. The van der Waals surface area contributed by atoms with Crippen LogP contribution in [0.5, 0.6) is 0 Å². The molecule has 1 unspecified atom stereocenters. The Labute approximate surface area is 168 Å². The van der Waals surface area contributed by atoms with Crippen molar-refractivity contribution in [3.8, 4) is 11.4 Å². The lowest BCUT2D eigenvalue weighted by Crippen LogP contribution is -2.59. The Morgan fingerprint density at radius 1 is 1.17 bits per heavy atom. The zero-order valence-corrected chi connectivity index (χ0v) is 16.4. The number of carbonyl (C=O) groups excluding carboxylic acids is 1. The normalized spacial score (nSPS) is 20.8. The molecule has 1 amide bonds. The summed E-state index contributed by atoms with van der Waals surface area (Å²) in [5.74, 6) is 1.24. The lowest BCUT2D eigenvalue weighted by molar-refractivity contribution is 0.0114. The van der Waals surface area contributed by atoms with Crippen molar-refractivity contribution in [1.82, 2.24) is 29.9 Å². The van der Waals surface area contributed by atoms with Gasteiger partial charge in [-0.3, -0.25) is 19.7 Å². The van der Waals surface area contributed by atoms with E-state index in [4.69, 9.17) is 4.52 Å². The average Bonchev–Trinajstić information content (AvgIpc) is 3.32. The SMILES string of the molecule is Cc1ccncc1C(=O)N1CC2(CC(c3nc(-c4cccnc4)no3)N(C)C2)C1. The maximum absolute atomic E-state index is 12.8. The van der Waals surface area contributed by atoms with Gasteiger partial charge in [0.15, 0.2) is 0 Å². The van der Waals surface area contributed by atoms with Crippen molar-refractivity contribution in [1.29, 1.82) is 0 Å². The number of nitrogens with zero attached hydrogens (tertiary/aromatic N) is 6. The molecule has 5 heterocycles. The number of aromatic nitrogens is 4. The number of rotatable bonds is 3. The van der Waals surface area contributed by atoms with Crippen molar-refractivity contribution >= 4 is 5.91 Å². The highest BCUT2D eigenvalue weighted by atomic mass is 16.5. The summed E-state index contributed by atoms with van der Waals surface area (Å²) in [6.45, 7) is 4.33. The Hall–Kier alpha value is -3.13. The van der Waals surface area contributed by atoms with Crippen molar-refractivity contribution in [3.05, 3.63) is 60.0 Å². The van der Waals surface area contributed by atoms with Crippen LogP contribution < -0.4 is 0 Å². The molecule has 29 heavy (non-hydrogen) atoms. The summed E-state index contributed by atoms with van der Waals surface area (Å²) in [5, 5.41) is 4.13. The number of carbonyl (C=O) groups is 1. The van der Waals surface area contributed by atoms with E-state index >= 15 is 0 Å². The molecule has 3 aromatic heterocycles. The zero-order valence-electron chi connectivity index (χ0n) is 16.4. The van der Waals surface area contributed by atoms with E-state index in [0.717, 1.165) is 37.2 Å². The Bertz CT molecular complexity index is 1040. The van der Waals surface area contributed by atoms with Crippen molar-refractivity contribution in [2.24, 2.45) is 5.41 Å². The number of pyridine rings is 2. The molecule has 0 aromatic carbocycles. The van der Waals surface area contributed by atoms with Gasteiger partial charge in [-0.05, 0) is 44.2 Å². The fourth-order valence-corrected chi connectivity index (χ4v) is 4.52. The largest absolute Gasteiger partial charge is 0.337 e. The van der Waals surface area contributed by atoms with Gasteiger partial charge in [-0.25, -0.2) is 0 Å². The molecular formula is C21H22N6O2. The molecule has 1 spiro atoms. The molecule has 1 atom stereocenters. The Morgan fingerprint density at radius 2 is 2.00 bits per heavy atom. The first-order chi connectivity index (χ1) is 14.0. The predicted octanol–water partition coefficient (Wildman–Crippen LogP) is 2.35. The van der Waals surface area contributed by atoms with Crippen molar-refractivity contribution < 1.29 is 9.32 Å².